The van der Waals surface area contributed by atoms with Crippen LogP contribution < -0.4 is 28.4 Å². The first-order chi connectivity index (χ1) is 42.8. The number of aliphatic carboxylic acids is 4. The van der Waals surface area contributed by atoms with Crippen LogP contribution >= 0.6 is 0 Å². The van der Waals surface area contributed by atoms with Gasteiger partial charge in [-0.3, -0.25) is 28.9 Å². The average molecular weight is 1270 g/mol. The molecule has 0 spiro atoms. The minimum Gasteiger partial charge on any atom is -0.497 e. The van der Waals surface area contributed by atoms with Gasteiger partial charge in [-0.05, 0) is 132 Å². The highest BCUT2D eigenvalue weighted by Crippen LogP contribution is 2.44. The molecule has 496 valence electrons. The number of methoxy groups -OCH3 is 3. The summed E-state index contributed by atoms with van der Waals surface area (Å²) < 4.78 is 52.0. The van der Waals surface area contributed by atoms with Crippen LogP contribution in [0.5, 0.6) is 28.7 Å². The zero-order chi connectivity index (χ0) is 66.1. The molecule has 5 aliphatic heterocycles. The van der Waals surface area contributed by atoms with Gasteiger partial charge in [-0.2, -0.15) is 0 Å². The molecule has 12 atom stereocenters. The minimum absolute atomic E-state index is 0.0200. The molecule has 4 fully saturated rings. The third-order valence-electron chi connectivity index (χ3n) is 18.8. The highest BCUT2D eigenvalue weighted by molar-refractivity contribution is 7.88. The second-order valence-corrected chi connectivity index (χ2v) is 26.2. The zero-order valence-corrected chi connectivity index (χ0v) is 55.1. The van der Waals surface area contributed by atoms with Crippen molar-refractivity contribution < 1.29 is 76.5 Å². The number of hydrogen-bond donors (Lipinski definition) is 5. The second kappa shape index (κ2) is 33.3. The molecule has 0 bridgehead atoms. The van der Waals surface area contributed by atoms with Gasteiger partial charge >= 0.3 is 23.9 Å². The van der Waals surface area contributed by atoms with Crippen molar-refractivity contribution in [3.63, 3.8) is 0 Å². The van der Waals surface area contributed by atoms with Crippen molar-refractivity contribution in [1.29, 1.82) is 0 Å². The number of benzene rings is 4. The molecule has 23 heteroatoms. The lowest BCUT2D eigenvalue weighted by Crippen LogP contribution is -2.45. The lowest BCUT2D eigenvalue weighted by molar-refractivity contribution is -0.144. The van der Waals surface area contributed by atoms with Crippen LogP contribution in [0.3, 0.4) is 0 Å². The monoisotopic (exact) mass is 1270 g/mol. The molecule has 9 rings (SSSR count). The van der Waals surface area contributed by atoms with Crippen molar-refractivity contribution in [3.05, 3.63) is 113 Å². The third kappa shape index (κ3) is 18.6. The van der Waals surface area contributed by atoms with Gasteiger partial charge in [0.05, 0.1) is 57.8 Å². The largest absolute Gasteiger partial charge is 0.497 e. The van der Waals surface area contributed by atoms with Crippen LogP contribution in [-0.4, -0.2) is 215 Å². The van der Waals surface area contributed by atoms with Crippen molar-refractivity contribution in [1.82, 2.24) is 29.2 Å². The molecule has 0 saturated carbocycles. The third-order valence-corrected chi connectivity index (χ3v) is 19.5. The Hall–Kier alpha value is -7.02. The number of sulfonamides is 1. The number of hydrogen-bond acceptors (Lipinski definition) is 16. The molecule has 5 N–H and O–H groups in total. The Morgan fingerprint density at radius 2 is 0.900 bits per heavy atom. The Morgan fingerprint density at radius 3 is 1.24 bits per heavy atom. The fourth-order valence-corrected chi connectivity index (χ4v) is 13.8. The Balaban J connectivity index is 0.000000203. The summed E-state index contributed by atoms with van der Waals surface area (Å²) in [4.78, 5) is 70.2. The lowest BCUT2D eigenvalue weighted by atomic mass is 9.84. The van der Waals surface area contributed by atoms with Gasteiger partial charge in [-0.1, -0.05) is 69.2 Å². The Morgan fingerprint density at radius 1 is 0.544 bits per heavy atom. The van der Waals surface area contributed by atoms with Crippen molar-refractivity contribution >= 4 is 39.8 Å². The number of amides is 1. The molecule has 4 saturated heterocycles. The number of rotatable bonds is 23. The molecular formula is C67H96N6O16S. The predicted octanol–water partition coefficient (Wildman–Crippen LogP) is 7.69. The van der Waals surface area contributed by atoms with E-state index in [1.165, 1.54) is 0 Å². The number of likely N-dealkylation sites (tertiary alicyclic amines) is 4. The SMILES string of the molecule is CCCCN(CCCC)C(=O)CN1C[C@H](c2ccc3c(c2)OCO3)[C@@H](C(=O)O)[C@@H]1CCNS(C)(=O)=O.COc1ccc([C@H]2CN(C)[C@@H](C)[C@@H]2C(=O)O)cc1.COc1ccc([C@H]2CN(C)[C@@H](C)[C@@H]2C(=O)O)cc1.COc1ccc([C@H]2CN(C)[C@@H](C)[C@@H]2C(=O)O)cc1. The van der Waals surface area contributed by atoms with Crippen molar-refractivity contribution in [3.8, 4) is 28.7 Å². The van der Waals surface area contributed by atoms with Crippen LogP contribution in [-0.2, 0) is 34.0 Å². The maximum absolute atomic E-state index is 13.4. The number of carboxylic acid groups (broad SMARTS) is 4. The Bertz CT molecular complexity index is 2890. The van der Waals surface area contributed by atoms with Gasteiger partial charge in [0.2, 0.25) is 22.7 Å². The number of nitrogens with one attached hydrogen (secondary N) is 1. The Labute approximate surface area is 531 Å². The fraction of sp³-hybridized carbons (Fsp3) is 0.567. The van der Waals surface area contributed by atoms with Gasteiger partial charge in [-0.25, -0.2) is 13.1 Å². The summed E-state index contributed by atoms with van der Waals surface area (Å²) in [6, 6.07) is 28.2. The molecule has 1 amide bonds. The maximum Gasteiger partial charge on any atom is 0.308 e. The predicted molar refractivity (Wildman–Crippen MR) is 343 cm³/mol. The summed E-state index contributed by atoms with van der Waals surface area (Å²) in [5.74, 6) is -1.62. The van der Waals surface area contributed by atoms with E-state index in [1.54, 1.807) is 27.4 Å². The normalized spacial score (nSPS) is 25.6. The van der Waals surface area contributed by atoms with Crippen LogP contribution in [0, 0.1) is 23.7 Å². The topological polar surface area (TPSA) is 275 Å². The van der Waals surface area contributed by atoms with E-state index < -0.39 is 45.9 Å². The van der Waals surface area contributed by atoms with Crippen LogP contribution in [0.2, 0.25) is 0 Å². The summed E-state index contributed by atoms with van der Waals surface area (Å²) in [5.41, 5.74) is 4.01. The number of unbranched alkanes of at least 4 members (excludes halogenated alkanes) is 2. The highest BCUT2D eigenvalue weighted by atomic mass is 32.2. The molecule has 0 aliphatic carbocycles. The van der Waals surface area contributed by atoms with Crippen molar-refractivity contribution in [2.24, 2.45) is 23.7 Å². The molecule has 4 aromatic carbocycles. The zero-order valence-electron chi connectivity index (χ0n) is 54.3. The van der Waals surface area contributed by atoms with E-state index in [0.29, 0.717) is 31.1 Å². The van der Waals surface area contributed by atoms with Gasteiger partial charge in [0.1, 0.15) is 17.2 Å². The van der Waals surface area contributed by atoms with E-state index in [0.717, 1.165) is 91.1 Å². The van der Waals surface area contributed by atoms with E-state index in [4.69, 9.17) is 23.7 Å². The van der Waals surface area contributed by atoms with E-state index in [2.05, 4.69) is 33.3 Å². The van der Waals surface area contributed by atoms with E-state index in [1.807, 2.05) is 137 Å². The number of fused-ring (bicyclic) bond motifs is 1. The summed E-state index contributed by atoms with van der Waals surface area (Å²) >= 11 is 0. The fourth-order valence-electron chi connectivity index (χ4n) is 13.3. The summed E-state index contributed by atoms with van der Waals surface area (Å²) in [6.07, 6.45) is 5.14. The molecule has 0 aromatic heterocycles. The number of nitrogens with zero attached hydrogens (tertiary/aromatic N) is 5. The molecule has 0 radical (unpaired) electrons. The van der Waals surface area contributed by atoms with Crippen LogP contribution in [0.4, 0.5) is 0 Å². The first-order valence-corrected chi connectivity index (χ1v) is 33.0. The number of ether oxygens (including phenoxy) is 5. The van der Waals surface area contributed by atoms with Crippen LogP contribution in [0.1, 0.15) is 113 Å². The smallest absolute Gasteiger partial charge is 0.308 e. The molecule has 0 unspecified atom stereocenters. The first-order valence-electron chi connectivity index (χ1n) is 31.1. The molecule has 90 heavy (non-hydrogen) atoms. The van der Waals surface area contributed by atoms with E-state index in [9.17, 15) is 52.8 Å². The van der Waals surface area contributed by atoms with E-state index >= 15 is 0 Å². The van der Waals surface area contributed by atoms with E-state index in [-0.39, 0.29) is 91.8 Å². The van der Waals surface area contributed by atoms with Crippen LogP contribution in [0.25, 0.3) is 0 Å². The van der Waals surface area contributed by atoms with Crippen LogP contribution in [0.15, 0.2) is 91.0 Å². The van der Waals surface area contributed by atoms with Gasteiger partial charge in [0.15, 0.2) is 11.5 Å². The van der Waals surface area contributed by atoms with Crippen molar-refractivity contribution in [2.45, 2.75) is 115 Å². The number of carbonyl (C=O) groups is 5. The average Bonchev–Trinajstić information content (AvgIpc) is 2.08. The number of carbonyl (C=O) groups excluding carboxylic acids is 1. The minimum atomic E-state index is -3.42. The number of carboxylic acids is 4. The lowest BCUT2D eigenvalue weighted by Gasteiger charge is -2.29. The summed E-state index contributed by atoms with van der Waals surface area (Å²) in [6.45, 7) is 14.5. The summed E-state index contributed by atoms with van der Waals surface area (Å²) in [5, 5.41) is 38.4. The van der Waals surface area contributed by atoms with Gasteiger partial charge in [0, 0.05) is 93.7 Å². The molecular weight excluding hydrogens is 1180 g/mol. The van der Waals surface area contributed by atoms with Gasteiger partial charge in [-0.15, -0.1) is 0 Å². The van der Waals surface area contributed by atoms with Crippen molar-refractivity contribution in [2.75, 3.05) is 108 Å². The molecule has 4 aromatic rings. The quantitative estimate of drug-likeness (QED) is 0.0476. The molecule has 5 heterocycles. The maximum atomic E-state index is 13.4. The molecule has 22 nitrogen and oxygen atoms in total. The second-order valence-electron chi connectivity index (χ2n) is 24.4. The number of likely N-dealkylation sites (N-methyl/N-ethyl adjacent to an activating group) is 3. The van der Waals surface area contributed by atoms with Gasteiger partial charge in [0.25, 0.3) is 0 Å². The standard InChI is InChI=1S/C25H39N3O7S.3C14H19NO3/c1-4-6-12-27(13-7-5-2)23(29)16-28-15-19(18-8-9-21-22(14-18)35-17-34-21)24(25(30)31)20(28)10-11-26-36(3,32)33;3*1-9-13(14(16)17)12(8-15(9)2)10-4-6-11(18-3)7-5-10/h8-9,14,19-20,24,26H,4-7,10-13,15-17H2,1-3H3,(H,30,31);3*4-7,9,12-13H,8H2,1-3H3,(H,16,17)/t19-,20+,24-;3*9-,12+,13-/m1000/s1. The summed E-state index contributed by atoms with van der Waals surface area (Å²) in [7, 11) is 7.38. The Kier molecular flexibility index (Phi) is 26.7. The van der Waals surface area contributed by atoms with Gasteiger partial charge < -0.3 is 63.7 Å². The molecule has 5 aliphatic rings. The highest BCUT2D eigenvalue weighted by Gasteiger charge is 2.48. The first kappa shape index (κ1) is 72.0.